The molecule has 0 bridgehead atoms. The molecule has 0 saturated carbocycles. The molecule has 6 nitrogen and oxygen atoms in total. The Bertz CT molecular complexity index is 614. The maximum atomic E-state index is 10.9. The predicted octanol–water partition coefficient (Wildman–Crippen LogP) is 1.91. The molecule has 0 saturated heterocycles. The highest BCUT2D eigenvalue weighted by atomic mass is 79.9. The number of hydrogen-bond acceptors (Lipinski definition) is 5. The standard InChI is InChI=1S/C12H15BrN2O4S/c1-4-5-19-12-10(13)6-9(7-11(12)18-2)8-14-15-20(3,16)17/h4,6-8,15H,1,5H2,2-3H3/b14-8-. The van der Waals surface area contributed by atoms with Gasteiger partial charge in [0.25, 0.3) is 0 Å². The molecule has 0 aliphatic heterocycles. The summed E-state index contributed by atoms with van der Waals surface area (Å²) < 4.78 is 33.2. The number of nitrogens with one attached hydrogen (secondary N) is 1. The molecule has 0 aliphatic carbocycles. The van der Waals surface area contributed by atoms with E-state index < -0.39 is 10.0 Å². The number of benzene rings is 1. The molecule has 0 radical (unpaired) electrons. The van der Waals surface area contributed by atoms with Gasteiger partial charge in [0.1, 0.15) is 6.61 Å². The fourth-order valence-electron chi connectivity index (χ4n) is 1.29. The molecular formula is C12H15BrN2O4S. The molecule has 20 heavy (non-hydrogen) atoms. The largest absolute Gasteiger partial charge is 0.493 e. The van der Waals surface area contributed by atoms with Gasteiger partial charge in [-0.3, -0.25) is 0 Å². The van der Waals surface area contributed by atoms with Gasteiger partial charge in [-0.15, -0.1) is 0 Å². The number of hydrazone groups is 1. The molecule has 0 aliphatic rings. The maximum absolute atomic E-state index is 10.9. The van der Waals surface area contributed by atoms with E-state index in [0.29, 0.717) is 28.1 Å². The quantitative estimate of drug-likeness (QED) is 0.456. The molecule has 1 aromatic rings. The van der Waals surface area contributed by atoms with Crippen molar-refractivity contribution in [3.63, 3.8) is 0 Å². The highest BCUT2D eigenvalue weighted by molar-refractivity contribution is 9.10. The van der Waals surface area contributed by atoms with Gasteiger partial charge in [-0.1, -0.05) is 12.7 Å². The lowest BCUT2D eigenvalue weighted by Gasteiger charge is -2.12. The Hall–Kier alpha value is -1.54. The number of sulfonamides is 1. The summed E-state index contributed by atoms with van der Waals surface area (Å²) in [6.07, 6.45) is 4.01. The van der Waals surface area contributed by atoms with E-state index in [0.717, 1.165) is 6.26 Å². The monoisotopic (exact) mass is 362 g/mol. The van der Waals surface area contributed by atoms with Crippen LogP contribution in [-0.2, 0) is 10.0 Å². The number of hydrogen-bond donors (Lipinski definition) is 1. The number of methoxy groups -OCH3 is 1. The van der Waals surface area contributed by atoms with E-state index in [4.69, 9.17) is 9.47 Å². The Morgan fingerprint density at radius 1 is 1.50 bits per heavy atom. The average molecular weight is 363 g/mol. The molecule has 0 fully saturated rings. The molecule has 0 amide bonds. The molecule has 1 rings (SSSR count). The summed E-state index contributed by atoms with van der Waals surface area (Å²) in [6, 6.07) is 3.41. The van der Waals surface area contributed by atoms with E-state index in [9.17, 15) is 8.42 Å². The van der Waals surface area contributed by atoms with Crippen LogP contribution in [0.15, 0.2) is 34.4 Å². The van der Waals surface area contributed by atoms with Crippen molar-refractivity contribution in [2.75, 3.05) is 20.0 Å². The van der Waals surface area contributed by atoms with Crippen LogP contribution in [0, 0.1) is 0 Å². The molecule has 0 atom stereocenters. The summed E-state index contributed by atoms with van der Waals surface area (Å²) in [5.74, 6) is 1.04. The molecule has 1 aromatic carbocycles. The van der Waals surface area contributed by atoms with E-state index in [-0.39, 0.29) is 0 Å². The Morgan fingerprint density at radius 3 is 2.75 bits per heavy atom. The smallest absolute Gasteiger partial charge is 0.244 e. The minimum Gasteiger partial charge on any atom is -0.493 e. The fraction of sp³-hybridized carbons (Fsp3) is 0.250. The predicted molar refractivity (Wildman–Crippen MR) is 82.0 cm³/mol. The van der Waals surface area contributed by atoms with Gasteiger partial charge in [-0.25, -0.2) is 13.2 Å². The van der Waals surface area contributed by atoms with Gasteiger partial charge < -0.3 is 9.47 Å². The summed E-state index contributed by atoms with van der Waals surface area (Å²) >= 11 is 3.36. The van der Waals surface area contributed by atoms with Crippen molar-refractivity contribution >= 4 is 32.2 Å². The van der Waals surface area contributed by atoms with Crippen LogP contribution in [0.5, 0.6) is 11.5 Å². The van der Waals surface area contributed by atoms with Crippen LogP contribution in [0.3, 0.4) is 0 Å². The molecule has 0 spiro atoms. The first-order chi connectivity index (χ1) is 9.37. The third-order valence-electron chi connectivity index (χ3n) is 2.03. The van der Waals surface area contributed by atoms with Crippen molar-refractivity contribution < 1.29 is 17.9 Å². The lowest BCUT2D eigenvalue weighted by atomic mass is 10.2. The summed E-state index contributed by atoms with van der Waals surface area (Å²) in [5, 5.41) is 3.62. The molecule has 0 unspecified atom stereocenters. The van der Waals surface area contributed by atoms with Gasteiger partial charge in [0.15, 0.2) is 11.5 Å². The van der Waals surface area contributed by atoms with Gasteiger partial charge in [-0.05, 0) is 33.6 Å². The minimum atomic E-state index is -3.37. The number of halogens is 1. The first kappa shape index (κ1) is 16.5. The van der Waals surface area contributed by atoms with Gasteiger partial charge in [0.2, 0.25) is 10.0 Å². The topological polar surface area (TPSA) is 77.0 Å². The molecule has 1 N–H and O–H groups in total. The van der Waals surface area contributed by atoms with Crippen molar-refractivity contribution in [3.8, 4) is 11.5 Å². The van der Waals surface area contributed by atoms with E-state index >= 15 is 0 Å². The van der Waals surface area contributed by atoms with Crippen molar-refractivity contribution in [3.05, 3.63) is 34.8 Å². The van der Waals surface area contributed by atoms with E-state index in [1.807, 2.05) is 4.83 Å². The van der Waals surface area contributed by atoms with Gasteiger partial charge in [-0.2, -0.15) is 5.10 Å². The second-order valence-electron chi connectivity index (χ2n) is 3.76. The van der Waals surface area contributed by atoms with Crippen LogP contribution in [0.1, 0.15) is 5.56 Å². The highest BCUT2D eigenvalue weighted by Gasteiger charge is 2.10. The Labute approximate surface area is 126 Å². The maximum Gasteiger partial charge on any atom is 0.244 e. The van der Waals surface area contributed by atoms with Crippen LogP contribution in [-0.4, -0.2) is 34.6 Å². The zero-order valence-electron chi connectivity index (χ0n) is 11.1. The van der Waals surface area contributed by atoms with Gasteiger partial charge >= 0.3 is 0 Å². The van der Waals surface area contributed by atoms with Gasteiger partial charge in [0, 0.05) is 0 Å². The van der Waals surface area contributed by atoms with Crippen molar-refractivity contribution in [2.24, 2.45) is 5.10 Å². The first-order valence-corrected chi connectivity index (χ1v) is 8.17. The van der Waals surface area contributed by atoms with Crippen molar-refractivity contribution in [1.82, 2.24) is 4.83 Å². The number of ether oxygens (including phenoxy) is 2. The molecule has 0 heterocycles. The third-order valence-corrected chi connectivity index (χ3v) is 3.06. The lowest BCUT2D eigenvalue weighted by molar-refractivity contribution is 0.324. The minimum absolute atomic E-state index is 0.345. The third kappa shape index (κ3) is 5.22. The number of rotatable bonds is 7. The summed E-state index contributed by atoms with van der Waals surface area (Å²) in [6.45, 7) is 3.92. The molecular weight excluding hydrogens is 348 g/mol. The van der Waals surface area contributed by atoms with E-state index in [1.54, 1.807) is 18.2 Å². The zero-order chi connectivity index (χ0) is 15.2. The van der Waals surface area contributed by atoms with Crippen LogP contribution in [0.4, 0.5) is 0 Å². The Balaban J connectivity index is 3.01. The number of nitrogens with zero attached hydrogens (tertiary/aromatic N) is 1. The van der Waals surface area contributed by atoms with E-state index in [2.05, 4.69) is 27.6 Å². The SMILES string of the molecule is C=CCOc1c(Br)cc(/C=N\NS(C)(=O)=O)cc1OC. The molecule has 8 heteroatoms. The molecule has 0 aromatic heterocycles. The van der Waals surface area contributed by atoms with E-state index in [1.165, 1.54) is 13.3 Å². The van der Waals surface area contributed by atoms with Crippen LogP contribution >= 0.6 is 15.9 Å². The Kier molecular flexibility index (Phi) is 6.03. The summed E-state index contributed by atoms with van der Waals surface area (Å²) in [5.41, 5.74) is 0.649. The normalized spacial score (nSPS) is 11.3. The van der Waals surface area contributed by atoms with Gasteiger partial charge in [0.05, 0.1) is 24.1 Å². The second kappa shape index (κ2) is 7.30. The van der Waals surface area contributed by atoms with Crippen LogP contribution in [0.25, 0.3) is 0 Å². The van der Waals surface area contributed by atoms with Crippen molar-refractivity contribution in [1.29, 1.82) is 0 Å². The Morgan fingerprint density at radius 2 is 2.20 bits per heavy atom. The van der Waals surface area contributed by atoms with Crippen molar-refractivity contribution in [2.45, 2.75) is 0 Å². The average Bonchev–Trinajstić information content (AvgIpc) is 2.35. The van der Waals surface area contributed by atoms with Crippen LogP contribution < -0.4 is 14.3 Å². The fourth-order valence-corrected chi connectivity index (χ4v) is 2.11. The zero-order valence-corrected chi connectivity index (χ0v) is 13.5. The molecule has 110 valence electrons. The summed E-state index contributed by atoms with van der Waals surface area (Å²) in [7, 11) is -1.85. The first-order valence-electron chi connectivity index (χ1n) is 5.48. The lowest BCUT2D eigenvalue weighted by Crippen LogP contribution is -2.15. The van der Waals surface area contributed by atoms with Crippen LogP contribution in [0.2, 0.25) is 0 Å². The highest BCUT2D eigenvalue weighted by Crippen LogP contribution is 2.36. The summed E-state index contributed by atoms with van der Waals surface area (Å²) in [4.78, 5) is 2.02. The second-order valence-corrected chi connectivity index (χ2v) is 6.34.